The monoisotopic (exact) mass is 422 g/mol. The lowest BCUT2D eigenvalue weighted by atomic mass is 10.1. The Morgan fingerprint density at radius 3 is 2.61 bits per heavy atom. The highest BCUT2D eigenvalue weighted by Crippen LogP contribution is 2.32. The summed E-state index contributed by atoms with van der Waals surface area (Å²) < 4.78 is 16.9. The van der Waals surface area contributed by atoms with Gasteiger partial charge in [-0.2, -0.15) is 0 Å². The number of piperazine rings is 1. The van der Waals surface area contributed by atoms with E-state index < -0.39 is 0 Å². The second kappa shape index (κ2) is 9.33. The van der Waals surface area contributed by atoms with Gasteiger partial charge in [-0.1, -0.05) is 35.3 Å². The maximum Gasteiger partial charge on any atom is 0.189 e. The predicted molar refractivity (Wildman–Crippen MR) is 110 cm³/mol. The van der Waals surface area contributed by atoms with Crippen molar-refractivity contribution in [3.8, 4) is 11.5 Å². The molecule has 2 heterocycles. The second-order valence-electron chi connectivity index (χ2n) is 7.06. The van der Waals surface area contributed by atoms with Crippen LogP contribution in [0.5, 0.6) is 11.5 Å². The average Bonchev–Trinajstić information content (AvgIpc) is 2.71. The summed E-state index contributed by atoms with van der Waals surface area (Å²) in [5.74, 6) is 1.68. The molecule has 5 nitrogen and oxygen atoms in total. The Kier molecular flexibility index (Phi) is 6.60. The molecule has 28 heavy (non-hydrogen) atoms. The van der Waals surface area contributed by atoms with Crippen LogP contribution in [0.3, 0.4) is 0 Å². The Balaban J connectivity index is 1.26. The molecule has 0 spiro atoms. The topological polar surface area (TPSA) is 34.2 Å². The molecule has 0 amide bonds. The molecule has 1 fully saturated rings. The number of hydrogen-bond acceptors (Lipinski definition) is 5. The minimum atomic E-state index is 0.306. The molecule has 0 aromatic heterocycles. The van der Waals surface area contributed by atoms with Gasteiger partial charge in [0.2, 0.25) is 0 Å². The van der Waals surface area contributed by atoms with Crippen molar-refractivity contribution in [2.24, 2.45) is 0 Å². The average molecular weight is 423 g/mol. The van der Waals surface area contributed by atoms with E-state index in [1.807, 2.05) is 36.4 Å². The first kappa shape index (κ1) is 19.8. The molecule has 0 aliphatic carbocycles. The molecule has 2 aromatic rings. The van der Waals surface area contributed by atoms with Crippen molar-refractivity contribution in [2.45, 2.75) is 13.2 Å². The standard InChI is InChI=1S/C21H24Cl2N2O3/c22-18-11-16(21-17(12-18)14-26-15-28-21)13-25-7-5-24(6-8-25)9-10-27-20-4-2-1-3-19(20)23/h1-4,11-12H,5-10,13-15H2. The van der Waals surface area contributed by atoms with Gasteiger partial charge in [0.1, 0.15) is 18.1 Å². The summed E-state index contributed by atoms with van der Waals surface area (Å²) in [6, 6.07) is 11.5. The third-order valence-corrected chi connectivity index (χ3v) is 5.64. The highest BCUT2D eigenvalue weighted by atomic mass is 35.5. The number of hydrogen-bond donors (Lipinski definition) is 0. The lowest BCUT2D eigenvalue weighted by Crippen LogP contribution is -2.47. The molecular weight excluding hydrogens is 399 g/mol. The van der Waals surface area contributed by atoms with E-state index in [2.05, 4.69) is 9.80 Å². The summed E-state index contributed by atoms with van der Waals surface area (Å²) >= 11 is 12.4. The van der Waals surface area contributed by atoms with E-state index in [1.165, 1.54) is 0 Å². The van der Waals surface area contributed by atoms with Crippen LogP contribution in [0.2, 0.25) is 10.0 Å². The molecule has 0 saturated carbocycles. The number of halogens is 2. The van der Waals surface area contributed by atoms with Crippen LogP contribution in [0.4, 0.5) is 0 Å². The first-order valence-corrected chi connectivity index (χ1v) is 10.3. The summed E-state index contributed by atoms with van der Waals surface area (Å²) in [5, 5.41) is 1.39. The van der Waals surface area contributed by atoms with Gasteiger partial charge in [0.25, 0.3) is 0 Å². The fourth-order valence-electron chi connectivity index (χ4n) is 3.63. The summed E-state index contributed by atoms with van der Waals surface area (Å²) in [6.45, 7) is 7.27. The van der Waals surface area contributed by atoms with Crippen molar-refractivity contribution in [3.05, 3.63) is 57.6 Å². The Bertz CT molecular complexity index is 810. The van der Waals surface area contributed by atoms with Gasteiger partial charge in [-0.25, -0.2) is 0 Å². The molecule has 2 aliphatic heterocycles. The van der Waals surface area contributed by atoms with Crippen LogP contribution in [0.1, 0.15) is 11.1 Å². The normalized spacial score (nSPS) is 17.8. The zero-order chi connectivity index (χ0) is 19.3. The molecule has 0 unspecified atom stereocenters. The van der Waals surface area contributed by atoms with Gasteiger partial charge in [-0.15, -0.1) is 0 Å². The first-order chi connectivity index (χ1) is 13.7. The number of benzene rings is 2. The Labute approximate surface area is 175 Å². The molecule has 7 heteroatoms. The zero-order valence-corrected chi connectivity index (χ0v) is 17.2. The van der Waals surface area contributed by atoms with Crippen LogP contribution in [-0.2, 0) is 17.9 Å². The van der Waals surface area contributed by atoms with Gasteiger partial charge < -0.3 is 14.2 Å². The zero-order valence-electron chi connectivity index (χ0n) is 15.7. The summed E-state index contributed by atoms with van der Waals surface area (Å²) in [6.07, 6.45) is 0. The van der Waals surface area contributed by atoms with Crippen molar-refractivity contribution in [3.63, 3.8) is 0 Å². The van der Waals surface area contributed by atoms with E-state index in [9.17, 15) is 0 Å². The number of para-hydroxylation sites is 1. The Hall–Kier alpha value is -1.50. The maximum absolute atomic E-state index is 6.28. The Morgan fingerprint density at radius 1 is 1.00 bits per heavy atom. The third kappa shape index (κ3) is 4.91. The van der Waals surface area contributed by atoms with Crippen LogP contribution >= 0.6 is 23.2 Å². The Morgan fingerprint density at radius 2 is 1.79 bits per heavy atom. The molecule has 1 saturated heterocycles. The second-order valence-corrected chi connectivity index (χ2v) is 7.90. The van der Waals surface area contributed by atoms with Crippen molar-refractivity contribution in [1.29, 1.82) is 0 Å². The SMILES string of the molecule is Clc1cc2c(c(CN3CCN(CCOc4ccccc4Cl)CC3)c1)OCOC2. The van der Waals surface area contributed by atoms with Crippen LogP contribution in [0.15, 0.2) is 36.4 Å². The van der Waals surface area contributed by atoms with Gasteiger partial charge >= 0.3 is 0 Å². The molecule has 4 rings (SSSR count). The number of nitrogens with zero attached hydrogens (tertiary/aromatic N) is 2. The minimum absolute atomic E-state index is 0.306. The number of rotatable bonds is 6. The molecule has 2 aliphatic rings. The molecule has 0 bridgehead atoms. The lowest BCUT2D eigenvalue weighted by molar-refractivity contribution is -0.0176. The molecular formula is C21H24Cl2N2O3. The van der Waals surface area contributed by atoms with Crippen molar-refractivity contribution < 1.29 is 14.2 Å². The highest BCUT2D eigenvalue weighted by molar-refractivity contribution is 6.32. The molecule has 150 valence electrons. The summed E-state index contributed by atoms with van der Waals surface area (Å²) in [5.41, 5.74) is 2.17. The highest BCUT2D eigenvalue weighted by Gasteiger charge is 2.21. The van der Waals surface area contributed by atoms with E-state index in [0.717, 1.165) is 66.9 Å². The van der Waals surface area contributed by atoms with E-state index >= 15 is 0 Å². The quantitative estimate of drug-likeness (QED) is 0.700. The van der Waals surface area contributed by atoms with E-state index in [-0.39, 0.29) is 0 Å². The maximum atomic E-state index is 6.28. The smallest absolute Gasteiger partial charge is 0.189 e. The number of ether oxygens (including phenoxy) is 3. The molecule has 2 aromatic carbocycles. The van der Waals surface area contributed by atoms with Gasteiger partial charge in [0, 0.05) is 55.4 Å². The molecule has 0 N–H and O–H groups in total. The molecule has 0 atom stereocenters. The van der Waals surface area contributed by atoms with E-state index in [4.69, 9.17) is 37.4 Å². The van der Waals surface area contributed by atoms with E-state index in [1.54, 1.807) is 0 Å². The van der Waals surface area contributed by atoms with Crippen molar-refractivity contribution in [1.82, 2.24) is 9.80 Å². The van der Waals surface area contributed by atoms with Crippen molar-refractivity contribution in [2.75, 3.05) is 46.1 Å². The minimum Gasteiger partial charge on any atom is -0.491 e. The fraction of sp³-hybridized carbons (Fsp3) is 0.429. The lowest BCUT2D eigenvalue weighted by Gasteiger charge is -2.35. The third-order valence-electron chi connectivity index (χ3n) is 5.11. The van der Waals surface area contributed by atoms with Gasteiger partial charge in [0.05, 0.1) is 11.6 Å². The van der Waals surface area contributed by atoms with Gasteiger partial charge in [-0.3, -0.25) is 9.80 Å². The van der Waals surface area contributed by atoms with E-state index in [0.29, 0.717) is 25.0 Å². The van der Waals surface area contributed by atoms with Gasteiger partial charge in [0.15, 0.2) is 6.79 Å². The van der Waals surface area contributed by atoms with Crippen LogP contribution in [0, 0.1) is 0 Å². The fourth-order valence-corrected chi connectivity index (χ4v) is 4.09. The van der Waals surface area contributed by atoms with Crippen molar-refractivity contribution >= 4 is 23.2 Å². The predicted octanol–water partition coefficient (Wildman–Crippen LogP) is 4.06. The first-order valence-electron chi connectivity index (χ1n) is 9.53. The molecule has 0 radical (unpaired) electrons. The van der Waals surface area contributed by atoms with Crippen LogP contribution < -0.4 is 9.47 Å². The number of fused-ring (bicyclic) bond motifs is 1. The van der Waals surface area contributed by atoms with Crippen LogP contribution in [0.25, 0.3) is 0 Å². The largest absolute Gasteiger partial charge is 0.491 e. The summed E-state index contributed by atoms with van der Waals surface area (Å²) in [7, 11) is 0. The van der Waals surface area contributed by atoms with Gasteiger partial charge in [-0.05, 0) is 24.3 Å². The summed E-state index contributed by atoms with van der Waals surface area (Å²) in [4.78, 5) is 4.86. The van der Waals surface area contributed by atoms with Crippen LogP contribution in [-0.4, -0.2) is 55.9 Å².